The van der Waals surface area contributed by atoms with Crippen LogP contribution in [0.3, 0.4) is 0 Å². The molecule has 1 aromatic carbocycles. The van der Waals surface area contributed by atoms with E-state index in [2.05, 4.69) is 58.7 Å². The Bertz CT molecular complexity index is 1170. The van der Waals surface area contributed by atoms with Gasteiger partial charge in [-0.3, -0.25) is 4.98 Å². The number of thiocarbonyl (C=S) groups is 1. The number of benzene rings is 1. The van der Waals surface area contributed by atoms with Gasteiger partial charge in [-0.05, 0) is 87.3 Å². The van der Waals surface area contributed by atoms with E-state index in [0.717, 1.165) is 47.5 Å². The molecular formula is C26H29ClN4OS. The largest absolute Gasteiger partial charge is 0.376 e. The fourth-order valence-electron chi connectivity index (χ4n) is 5.23. The zero-order valence-corrected chi connectivity index (χ0v) is 20.8. The van der Waals surface area contributed by atoms with Crippen LogP contribution in [0.5, 0.6) is 0 Å². The van der Waals surface area contributed by atoms with Crippen molar-refractivity contribution in [1.82, 2.24) is 19.8 Å². The minimum absolute atomic E-state index is 0.0241. The van der Waals surface area contributed by atoms with Gasteiger partial charge < -0.3 is 19.5 Å². The fraction of sp³-hybridized carbons (Fsp3) is 0.385. The second kappa shape index (κ2) is 9.09. The van der Waals surface area contributed by atoms with Gasteiger partial charge in [0.25, 0.3) is 0 Å². The molecule has 5 rings (SSSR count). The highest BCUT2D eigenvalue weighted by Crippen LogP contribution is 2.42. The highest BCUT2D eigenvalue weighted by molar-refractivity contribution is 7.80. The Morgan fingerprint density at radius 1 is 1.18 bits per heavy atom. The van der Waals surface area contributed by atoms with Crippen LogP contribution in [0.2, 0.25) is 5.02 Å². The summed E-state index contributed by atoms with van der Waals surface area (Å²) in [6, 6.07) is 14.4. The van der Waals surface area contributed by atoms with Crippen LogP contribution in [0.1, 0.15) is 53.1 Å². The molecule has 2 aliphatic rings. The van der Waals surface area contributed by atoms with Crippen LogP contribution in [0.25, 0.3) is 5.69 Å². The van der Waals surface area contributed by atoms with Gasteiger partial charge in [-0.15, -0.1) is 0 Å². The summed E-state index contributed by atoms with van der Waals surface area (Å²) < 4.78 is 8.28. The normalized spacial score (nSPS) is 22.7. The average molecular weight is 481 g/mol. The van der Waals surface area contributed by atoms with Gasteiger partial charge in [-0.2, -0.15) is 0 Å². The lowest BCUT2D eigenvalue weighted by Crippen LogP contribution is -2.36. The number of hydrogen-bond acceptors (Lipinski definition) is 3. The predicted molar refractivity (Wildman–Crippen MR) is 136 cm³/mol. The summed E-state index contributed by atoms with van der Waals surface area (Å²) in [6.07, 6.45) is 4.22. The van der Waals surface area contributed by atoms with Crippen molar-refractivity contribution in [2.45, 2.75) is 51.8 Å². The second-order valence-electron chi connectivity index (χ2n) is 9.01. The van der Waals surface area contributed by atoms with Crippen molar-refractivity contribution >= 4 is 28.9 Å². The van der Waals surface area contributed by atoms with Crippen LogP contribution in [0, 0.1) is 20.8 Å². The van der Waals surface area contributed by atoms with E-state index in [1.807, 2.05) is 30.5 Å². The molecule has 2 saturated heterocycles. The molecular weight excluding hydrogens is 452 g/mol. The minimum atomic E-state index is -0.0329. The number of nitrogens with one attached hydrogen (secondary N) is 1. The maximum Gasteiger partial charge on any atom is 0.170 e. The van der Waals surface area contributed by atoms with Crippen LogP contribution in [0.15, 0.2) is 48.7 Å². The SMILES string of the molecule is Cc1ccc(Cl)cc1-n1c(C)cc([C@@H]2[C@@H](c3ccccn3)NC(=S)N2C[C@@H]2CCCO2)c1C. The van der Waals surface area contributed by atoms with Gasteiger partial charge in [0.2, 0.25) is 0 Å². The first-order valence-corrected chi connectivity index (χ1v) is 12.3. The van der Waals surface area contributed by atoms with Crippen molar-refractivity contribution in [3.63, 3.8) is 0 Å². The third-order valence-corrected chi connectivity index (χ3v) is 7.41. The van der Waals surface area contributed by atoms with Crippen molar-refractivity contribution in [1.29, 1.82) is 0 Å². The Morgan fingerprint density at radius 3 is 2.76 bits per heavy atom. The lowest BCUT2D eigenvalue weighted by Gasteiger charge is -2.30. The van der Waals surface area contributed by atoms with Gasteiger partial charge in [0.05, 0.1) is 23.9 Å². The van der Waals surface area contributed by atoms with E-state index in [0.29, 0.717) is 0 Å². The zero-order chi connectivity index (χ0) is 23.1. The van der Waals surface area contributed by atoms with Crippen molar-refractivity contribution < 1.29 is 4.74 Å². The van der Waals surface area contributed by atoms with Gasteiger partial charge in [-0.1, -0.05) is 23.7 Å². The number of rotatable bonds is 5. The fourth-order valence-corrected chi connectivity index (χ4v) is 5.71. The van der Waals surface area contributed by atoms with Crippen LogP contribution in [-0.2, 0) is 4.74 Å². The second-order valence-corrected chi connectivity index (χ2v) is 9.83. The van der Waals surface area contributed by atoms with Crippen LogP contribution in [-0.4, -0.2) is 38.8 Å². The molecule has 172 valence electrons. The van der Waals surface area contributed by atoms with Crippen LogP contribution >= 0.6 is 23.8 Å². The summed E-state index contributed by atoms with van der Waals surface area (Å²) in [5, 5.41) is 5.06. The van der Waals surface area contributed by atoms with Crippen molar-refractivity contribution in [2.75, 3.05) is 13.2 Å². The van der Waals surface area contributed by atoms with Crippen molar-refractivity contribution in [3.8, 4) is 5.69 Å². The summed E-state index contributed by atoms with van der Waals surface area (Å²) >= 11 is 12.2. The molecule has 33 heavy (non-hydrogen) atoms. The molecule has 0 amide bonds. The zero-order valence-electron chi connectivity index (χ0n) is 19.2. The Labute approximate surface area is 205 Å². The number of nitrogens with zero attached hydrogens (tertiary/aromatic N) is 3. The van der Waals surface area contributed by atoms with E-state index in [4.69, 9.17) is 28.6 Å². The molecule has 0 aliphatic carbocycles. The average Bonchev–Trinajstić information content (AvgIpc) is 3.50. The van der Waals surface area contributed by atoms with E-state index in [-0.39, 0.29) is 18.2 Å². The monoisotopic (exact) mass is 480 g/mol. The number of halogens is 1. The highest BCUT2D eigenvalue weighted by Gasteiger charge is 2.42. The molecule has 2 fully saturated rings. The molecule has 2 aliphatic heterocycles. The number of aromatic nitrogens is 2. The molecule has 1 N–H and O–H groups in total. The molecule has 3 atom stereocenters. The van der Waals surface area contributed by atoms with Crippen molar-refractivity contribution in [2.24, 2.45) is 0 Å². The molecule has 0 bridgehead atoms. The minimum Gasteiger partial charge on any atom is -0.376 e. The number of ether oxygens (including phenoxy) is 1. The summed E-state index contributed by atoms with van der Waals surface area (Å²) in [5.74, 6) is 0. The van der Waals surface area contributed by atoms with Gasteiger partial charge in [0, 0.05) is 41.4 Å². The summed E-state index contributed by atoms with van der Waals surface area (Å²) in [6.45, 7) is 8.06. The number of pyridine rings is 1. The summed E-state index contributed by atoms with van der Waals surface area (Å²) in [7, 11) is 0. The molecule has 0 saturated carbocycles. The number of aryl methyl sites for hydroxylation is 2. The van der Waals surface area contributed by atoms with E-state index in [1.54, 1.807) is 0 Å². The molecule has 3 aromatic rings. The Balaban J connectivity index is 1.61. The smallest absolute Gasteiger partial charge is 0.170 e. The number of hydrogen-bond donors (Lipinski definition) is 1. The van der Waals surface area contributed by atoms with Crippen LogP contribution < -0.4 is 5.32 Å². The first-order valence-electron chi connectivity index (χ1n) is 11.5. The molecule has 7 heteroatoms. The topological polar surface area (TPSA) is 42.3 Å². The third-order valence-electron chi connectivity index (χ3n) is 6.82. The predicted octanol–water partition coefficient (Wildman–Crippen LogP) is 5.60. The first kappa shape index (κ1) is 22.4. The van der Waals surface area contributed by atoms with E-state index in [9.17, 15) is 0 Å². The van der Waals surface area contributed by atoms with Gasteiger partial charge in [0.1, 0.15) is 0 Å². The Hall–Kier alpha value is -2.41. The molecule has 2 aromatic heterocycles. The Kier molecular flexibility index (Phi) is 6.16. The van der Waals surface area contributed by atoms with E-state index in [1.165, 1.54) is 22.5 Å². The molecule has 0 spiro atoms. The van der Waals surface area contributed by atoms with Crippen molar-refractivity contribution in [3.05, 3.63) is 81.9 Å². The van der Waals surface area contributed by atoms with Gasteiger partial charge in [0.15, 0.2) is 5.11 Å². The van der Waals surface area contributed by atoms with E-state index >= 15 is 0 Å². The quantitative estimate of drug-likeness (QED) is 0.481. The van der Waals surface area contributed by atoms with Gasteiger partial charge in [-0.25, -0.2) is 0 Å². The van der Waals surface area contributed by atoms with Gasteiger partial charge >= 0.3 is 0 Å². The molecule has 4 heterocycles. The molecule has 5 nitrogen and oxygen atoms in total. The van der Waals surface area contributed by atoms with Crippen LogP contribution in [0.4, 0.5) is 0 Å². The highest BCUT2D eigenvalue weighted by atomic mass is 35.5. The summed E-state index contributed by atoms with van der Waals surface area (Å²) in [4.78, 5) is 6.98. The van der Waals surface area contributed by atoms with E-state index < -0.39 is 0 Å². The lowest BCUT2D eigenvalue weighted by atomic mass is 9.96. The molecule has 0 unspecified atom stereocenters. The summed E-state index contributed by atoms with van der Waals surface area (Å²) in [5.41, 5.74) is 6.88. The first-order chi connectivity index (χ1) is 15.9. The Morgan fingerprint density at radius 2 is 2.03 bits per heavy atom. The standard InChI is InChI=1S/C26H29ClN4OS/c1-16-9-10-19(27)14-23(16)31-17(2)13-21(18(31)3)25-24(22-8-4-5-11-28-22)29-26(33)30(25)15-20-7-6-12-32-20/h4-5,8-11,13-14,20,24-25H,6-7,12,15H2,1-3H3,(H,29,33)/t20-,24+,25+/m0/s1. The maximum atomic E-state index is 6.38. The third kappa shape index (κ3) is 4.16. The molecule has 0 radical (unpaired) electrons. The lowest BCUT2D eigenvalue weighted by molar-refractivity contribution is 0.0842. The maximum absolute atomic E-state index is 6.38.